The maximum atomic E-state index is 13.7. The molecule has 0 bridgehead atoms. The van der Waals surface area contributed by atoms with E-state index in [4.69, 9.17) is 4.74 Å². The van der Waals surface area contributed by atoms with Gasteiger partial charge in [0.2, 0.25) is 5.91 Å². The zero-order valence-corrected chi connectivity index (χ0v) is 23.9. The second-order valence-electron chi connectivity index (χ2n) is 9.35. The maximum absolute atomic E-state index is 13.7. The third-order valence-corrected chi connectivity index (χ3v) is 8.34. The summed E-state index contributed by atoms with van der Waals surface area (Å²) in [6, 6.07) is 30.6. The Morgan fingerprint density at radius 2 is 1.32 bits per heavy atom. The molecular weight excluding hydrogens is 522 g/mol. The third kappa shape index (κ3) is 7.21. The summed E-state index contributed by atoms with van der Waals surface area (Å²) in [7, 11) is -4.02. The lowest BCUT2D eigenvalue weighted by molar-refractivity contribution is -0.119. The highest BCUT2D eigenvalue weighted by atomic mass is 32.2. The van der Waals surface area contributed by atoms with Crippen LogP contribution in [0.5, 0.6) is 11.5 Å². The standard InChI is InChI=1S/C32H35N3O4S/c1-4-34(5-2)27-15-13-26(14-16-27)23-33-32(36)24-35(40(37,38)31-21-11-25(3)12-22-31)28-17-19-30(20-18-28)39-29-9-7-6-8-10-29/h6-22H,4-5,23-24H2,1-3H3,(H,33,36). The second-order valence-corrected chi connectivity index (χ2v) is 11.2. The number of anilines is 2. The molecule has 0 heterocycles. The highest BCUT2D eigenvalue weighted by Gasteiger charge is 2.27. The van der Waals surface area contributed by atoms with Crippen molar-refractivity contribution in [2.45, 2.75) is 32.2 Å². The molecular formula is C32H35N3O4S. The number of hydrogen-bond acceptors (Lipinski definition) is 5. The highest BCUT2D eigenvalue weighted by Crippen LogP contribution is 2.28. The van der Waals surface area contributed by atoms with E-state index in [0.29, 0.717) is 23.7 Å². The summed E-state index contributed by atoms with van der Waals surface area (Å²) in [5.41, 5.74) is 3.35. The van der Waals surface area contributed by atoms with Crippen molar-refractivity contribution >= 4 is 27.3 Å². The van der Waals surface area contributed by atoms with E-state index in [1.807, 2.05) is 61.5 Å². The average molecular weight is 558 g/mol. The van der Waals surface area contributed by atoms with E-state index in [1.165, 1.54) is 0 Å². The number of para-hydroxylation sites is 1. The lowest BCUT2D eigenvalue weighted by Crippen LogP contribution is -2.40. The van der Waals surface area contributed by atoms with Crippen molar-refractivity contribution in [3.63, 3.8) is 0 Å². The molecule has 0 radical (unpaired) electrons. The molecule has 0 unspecified atom stereocenters. The number of nitrogens with zero attached hydrogens (tertiary/aromatic N) is 2. The number of ether oxygens (including phenoxy) is 1. The molecule has 0 atom stereocenters. The smallest absolute Gasteiger partial charge is 0.264 e. The van der Waals surface area contributed by atoms with Crippen LogP contribution in [0.4, 0.5) is 11.4 Å². The fraction of sp³-hybridized carbons (Fsp3) is 0.219. The van der Waals surface area contributed by atoms with Crippen molar-refractivity contribution in [2.24, 2.45) is 0 Å². The van der Waals surface area contributed by atoms with E-state index >= 15 is 0 Å². The fourth-order valence-electron chi connectivity index (χ4n) is 4.26. The van der Waals surface area contributed by atoms with E-state index in [-0.39, 0.29) is 11.4 Å². The summed E-state index contributed by atoms with van der Waals surface area (Å²) in [6.07, 6.45) is 0. The first-order valence-electron chi connectivity index (χ1n) is 13.3. The van der Waals surface area contributed by atoms with Crippen LogP contribution in [0.25, 0.3) is 0 Å². The predicted octanol–water partition coefficient (Wildman–Crippen LogP) is 6.15. The van der Waals surface area contributed by atoms with Gasteiger partial charge in [-0.15, -0.1) is 0 Å². The quantitative estimate of drug-likeness (QED) is 0.226. The zero-order valence-electron chi connectivity index (χ0n) is 23.1. The van der Waals surface area contributed by atoms with Crippen molar-refractivity contribution in [1.29, 1.82) is 0 Å². The maximum Gasteiger partial charge on any atom is 0.264 e. The largest absolute Gasteiger partial charge is 0.457 e. The van der Waals surface area contributed by atoms with Crippen LogP contribution in [-0.2, 0) is 21.4 Å². The average Bonchev–Trinajstić information content (AvgIpc) is 2.97. The van der Waals surface area contributed by atoms with Gasteiger partial charge in [-0.3, -0.25) is 9.10 Å². The van der Waals surface area contributed by atoms with Gasteiger partial charge < -0.3 is 15.0 Å². The van der Waals surface area contributed by atoms with Gasteiger partial charge in [0.25, 0.3) is 10.0 Å². The Morgan fingerprint density at radius 1 is 0.750 bits per heavy atom. The topological polar surface area (TPSA) is 79.0 Å². The van der Waals surface area contributed by atoms with E-state index in [0.717, 1.165) is 34.2 Å². The first-order valence-corrected chi connectivity index (χ1v) is 14.8. The molecule has 0 saturated carbocycles. The number of amides is 1. The Morgan fingerprint density at radius 3 is 1.93 bits per heavy atom. The van der Waals surface area contributed by atoms with Crippen molar-refractivity contribution in [3.05, 3.63) is 114 Å². The van der Waals surface area contributed by atoms with Crippen LogP contribution in [0.1, 0.15) is 25.0 Å². The Balaban J connectivity index is 1.52. The van der Waals surface area contributed by atoms with Crippen molar-refractivity contribution in [3.8, 4) is 11.5 Å². The number of hydrogen-bond donors (Lipinski definition) is 1. The molecule has 208 valence electrons. The molecule has 0 spiro atoms. The lowest BCUT2D eigenvalue weighted by atomic mass is 10.2. The molecule has 1 amide bonds. The minimum absolute atomic E-state index is 0.113. The Hall–Kier alpha value is -4.30. The normalized spacial score (nSPS) is 11.1. The van der Waals surface area contributed by atoms with Crippen LogP contribution in [0.15, 0.2) is 108 Å². The molecule has 4 rings (SSSR count). The first kappa shape index (κ1) is 28.7. The molecule has 8 heteroatoms. The monoisotopic (exact) mass is 557 g/mol. The minimum atomic E-state index is -4.02. The molecule has 0 aliphatic carbocycles. The molecule has 4 aromatic carbocycles. The molecule has 0 aliphatic rings. The Bertz CT molecular complexity index is 1490. The van der Waals surface area contributed by atoms with Crippen molar-refractivity contribution < 1.29 is 17.9 Å². The van der Waals surface area contributed by atoms with E-state index in [1.54, 1.807) is 48.5 Å². The van der Waals surface area contributed by atoms with Crippen molar-refractivity contribution in [1.82, 2.24) is 5.32 Å². The molecule has 40 heavy (non-hydrogen) atoms. The predicted molar refractivity (Wildman–Crippen MR) is 161 cm³/mol. The summed E-state index contributed by atoms with van der Waals surface area (Å²) in [5, 5.41) is 2.87. The molecule has 0 aromatic heterocycles. The second kappa shape index (κ2) is 13.2. The number of sulfonamides is 1. The first-order chi connectivity index (χ1) is 19.3. The third-order valence-electron chi connectivity index (χ3n) is 6.55. The molecule has 0 aliphatic heterocycles. The number of benzene rings is 4. The van der Waals surface area contributed by atoms with Gasteiger partial charge >= 0.3 is 0 Å². The van der Waals surface area contributed by atoms with Gasteiger partial charge in [-0.2, -0.15) is 0 Å². The van der Waals surface area contributed by atoms with Gasteiger partial charge in [0.05, 0.1) is 10.6 Å². The summed E-state index contributed by atoms with van der Waals surface area (Å²) in [5.74, 6) is 0.817. The number of carbonyl (C=O) groups is 1. The SMILES string of the molecule is CCN(CC)c1ccc(CNC(=O)CN(c2ccc(Oc3ccccc3)cc2)S(=O)(=O)c2ccc(C)cc2)cc1. The summed E-state index contributed by atoms with van der Waals surface area (Å²) in [6.45, 7) is 7.86. The van der Waals surface area contributed by atoms with Gasteiger partial charge in [-0.05, 0) is 87.0 Å². The molecule has 1 N–H and O–H groups in total. The number of carbonyl (C=O) groups excluding carboxylic acids is 1. The van der Waals surface area contributed by atoms with Crippen LogP contribution in [0.3, 0.4) is 0 Å². The van der Waals surface area contributed by atoms with Crippen LogP contribution in [0.2, 0.25) is 0 Å². The van der Waals surface area contributed by atoms with Crippen LogP contribution < -0.4 is 19.3 Å². The Labute approximate surface area is 237 Å². The fourth-order valence-corrected chi connectivity index (χ4v) is 5.68. The van der Waals surface area contributed by atoms with E-state index in [9.17, 15) is 13.2 Å². The van der Waals surface area contributed by atoms with Gasteiger partial charge in [-0.1, -0.05) is 48.0 Å². The zero-order chi connectivity index (χ0) is 28.5. The highest BCUT2D eigenvalue weighted by molar-refractivity contribution is 7.92. The van der Waals surface area contributed by atoms with E-state index in [2.05, 4.69) is 24.1 Å². The molecule has 4 aromatic rings. The van der Waals surface area contributed by atoms with Crippen LogP contribution in [-0.4, -0.2) is 34.0 Å². The molecule has 0 fully saturated rings. The number of rotatable bonds is 12. The van der Waals surface area contributed by atoms with Crippen LogP contribution in [0, 0.1) is 6.92 Å². The van der Waals surface area contributed by atoms with Gasteiger partial charge in [-0.25, -0.2) is 8.42 Å². The lowest BCUT2D eigenvalue weighted by Gasteiger charge is -2.24. The van der Waals surface area contributed by atoms with Crippen molar-refractivity contribution in [2.75, 3.05) is 28.8 Å². The molecule has 7 nitrogen and oxygen atoms in total. The minimum Gasteiger partial charge on any atom is -0.457 e. The Kier molecular flexibility index (Phi) is 9.45. The van der Waals surface area contributed by atoms with Gasteiger partial charge in [0.15, 0.2) is 0 Å². The number of nitrogens with one attached hydrogen (secondary N) is 1. The summed E-state index contributed by atoms with van der Waals surface area (Å²) in [4.78, 5) is 15.4. The van der Waals surface area contributed by atoms with E-state index < -0.39 is 15.9 Å². The summed E-state index contributed by atoms with van der Waals surface area (Å²) >= 11 is 0. The number of aryl methyl sites for hydroxylation is 1. The summed E-state index contributed by atoms with van der Waals surface area (Å²) < 4.78 is 34.4. The van der Waals surface area contributed by atoms with Crippen LogP contribution >= 0.6 is 0 Å². The molecule has 0 saturated heterocycles. The van der Waals surface area contributed by atoms with Gasteiger partial charge in [0.1, 0.15) is 18.0 Å². The van der Waals surface area contributed by atoms with Gasteiger partial charge in [0, 0.05) is 25.3 Å².